The monoisotopic (exact) mass is 863 g/mol. The van der Waals surface area contributed by atoms with Gasteiger partial charge >= 0.3 is 17.9 Å². The van der Waals surface area contributed by atoms with Crippen molar-refractivity contribution in [2.75, 3.05) is 13.2 Å². The van der Waals surface area contributed by atoms with Crippen molar-refractivity contribution in [2.24, 2.45) is 11.8 Å². The van der Waals surface area contributed by atoms with E-state index in [-0.39, 0.29) is 31.1 Å². The molecular weight excluding hydrogens is 757 g/mol. The molecular formula is C55H106O6. The first-order chi connectivity index (χ1) is 29.7. The molecule has 61 heavy (non-hydrogen) atoms. The third kappa shape index (κ3) is 49.3. The van der Waals surface area contributed by atoms with Crippen molar-refractivity contribution in [3.63, 3.8) is 0 Å². The molecule has 0 unspecified atom stereocenters. The second kappa shape index (κ2) is 47.9. The van der Waals surface area contributed by atoms with Gasteiger partial charge in [0, 0.05) is 19.3 Å². The molecule has 362 valence electrons. The van der Waals surface area contributed by atoms with Crippen molar-refractivity contribution in [1.29, 1.82) is 0 Å². The van der Waals surface area contributed by atoms with E-state index in [1.807, 2.05) is 0 Å². The largest absolute Gasteiger partial charge is 0.462 e. The Hall–Kier alpha value is -1.59. The summed E-state index contributed by atoms with van der Waals surface area (Å²) in [6, 6.07) is 0. The van der Waals surface area contributed by atoms with Gasteiger partial charge in [-0.15, -0.1) is 0 Å². The molecule has 0 aromatic rings. The molecule has 1 atom stereocenters. The number of unbranched alkanes of at least 4 members (excludes halogenated alkanes) is 34. The Morgan fingerprint density at radius 3 is 0.803 bits per heavy atom. The van der Waals surface area contributed by atoms with E-state index in [2.05, 4.69) is 34.6 Å². The number of hydrogen-bond acceptors (Lipinski definition) is 6. The average molecular weight is 863 g/mol. The molecule has 0 amide bonds. The highest BCUT2D eigenvalue weighted by atomic mass is 16.6. The molecule has 6 nitrogen and oxygen atoms in total. The van der Waals surface area contributed by atoms with Gasteiger partial charge in [0.05, 0.1) is 0 Å². The minimum absolute atomic E-state index is 0.0635. The van der Waals surface area contributed by atoms with Crippen LogP contribution in [0, 0.1) is 11.8 Å². The number of hydrogen-bond donors (Lipinski definition) is 0. The molecule has 0 aromatic carbocycles. The molecule has 0 N–H and O–H groups in total. The molecule has 0 radical (unpaired) electrons. The smallest absolute Gasteiger partial charge is 0.306 e. The molecule has 0 aliphatic carbocycles. The lowest BCUT2D eigenvalue weighted by Crippen LogP contribution is -2.30. The topological polar surface area (TPSA) is 78.9 Å². The van der Waals surface area contributed by atoms with Gasteiger partial charge in [0.15, 0.2) is 6.10 Å². The summed E-state index contributed by atoms with van der Waals surface area (Å²) in [5.41, 5.74) is 0. The second-order valence-corrected chi connectivity index (χ2v) is 19.8. The molecule has 0 fully saturated rings. The number of esters is 3. The van der Waals surface area contributed by atoms with Crippen molar-refractivity contribution in [3.05, 3.63) is 0 Å². The fourth-order valence-electron chi connectivity index (χ4n) is 8.34. The van der Waals surface area contributed by atoms with Gasteiger partial charge in [0.2, 0.25) is 0 Å². The van der Waals surface area contributed by atoms with Gasteiger partial charge in [-0.25, -0.2) is 0 Å². The minimum Gasteiger partial charge on any atom is -0.462 e. The fourth-order valence-corrected chi connectivity index (χ4v) is 8.34. The van der Waals surface area contributed by atoms with Gasteiger partial charge < -0.3 is 14.2 Å². The molecule has 0 aliphatic rings. The Balaban J connectivity index is 4.31. The van der Waals surface area contributed by atoms with E-state index in [9.17, 15) is 14.4 Å². The molecule has 0 saturated heterocycles. The summed E-state index contributed by atoms with van der Waals surface area (Å²) in [7, 11) is 0. The molecule has 0 heterocycles. The summed E-state index contributed by atoms with van der Waals surface area (Å²) in [4.78, 5) is 38.0. The molecule has 0 bridgehead atoms. The van der Waals surface area contributed by atoms with Gasteiger partial charge in [-0.05, 0) is 31.1 Å². The van der Waals surface area contributed by atoms with Crippen molar-refractivity contribution in [3.8, 4) is 0 Å². The second-order valence-electron chi connectivity index (χ2n) is 19.8. The lowest BCUT2D eigenvalue weighted by atomic mass is 10.0. The lowest BCUT2D eigenvalue weighted by molar-refractivity contribution is -0.167. The van der Waals surface area contributed by atoms with E-state index in [4.69, 9.17) is 14.2 Å². The van der Waals surface area contributed by atoms with E-state index in [0.717, 1.165) is 69.6 Å². The van der Waals surface area contributed by atoms with E-state index >= 15 is 0 Å². The SMILES string of the molecule is CCCCCCCCCCCCCCCCCCC(=O)O[C@H](COC(=O)CCCCCCCCCCCCCC(C)C)COC(=O)CCCCCCCCCCCCC(C)C. The normalized spacial score (nSPS) is 12.0. The van der Waals surface area contributed by atoms with Crippen LogP contribution in [0.5, 0.6) is 0 Å². The summed E-state index contributed by atoms with van der Waals surface area (Å²) in [6.07, 6.45) is 49.5. The summed E-state index contributed by atoms with van der Waals surface area (Å²) < 4.78 is 16.8. The summed E-state index contributed by atoms with van der Waals surface area (Å²) >= 11 is 0. The van der Waals surface area contributed by atoms with Crippen LogP contribution < -0.4 is 0 Å². The van der Waals surface area contributed by atoms with Crippen LogP contribution in [-0.4, -0.2) is 37.2 Å². The van der Waals surface area contributed by atoms with E-state index in [1.165, 1.54) is 193 Å². The van der Waals surface area contributed by atoms with Crippen molar-refractivity contribution < 1.29 is 28.6 Å². The Bertz CT molecular complexity index is 931. The lowest BCUT2D eigenvalue weighted by Gasteiger charge is -2.18. The van der Waals surface area contributed by atoms with Gasteiger partial charge in [0.25, 0.3) is 0 Å². The standard InChI is InChI=1S/C55H106O6/c1-6-7-8-9-10-11-12-13-14-15-16-19-27-32-37-42-47-55(58)61-52(49-60-54(57)46-41-36-31-26-22-21-24-29-34-39-44-51(4)5)48-59-53(56)45-40-35-30-25-20-17-18-23-28-33-38-43-50(2)3/h50-52H,6-49H2,1-5H3/t52-/m1/s1. The number of ether oxygens (including phenoxy) is 3. The quantitative estimate of drug-likeness (QED) is 0.0344. The first-order valence-electron chi connectivity index (χ1n) is 27.2. The van der Waals surface area contributed by atoms with Gasteiger partial charge in [0.1, 0.15) is 13.2 Å². The van der Waals surface area contributed by atoms with Crippen LogP contribution >= 0.6 is 0 Å². The van der Waals surface area contributed by atoms with E-state index in [1.54, 1.807) is 0 Å². The zero-order valence-corrected chi connectivity index (χ0v) is 41.8. The number of rotatable bonds is 49. The van der Waals surface area contributed by atoms with Gasteiger partial charge in [-0.2, -0.15) is 0 Å². The van der Waals surface area contributed by atoms with E-state index in [0.29, 0.717) is 19.3 Å². The Morgan fingerprint density at radius 2 is 0.541 bits per heavy atom. The summed E-state index contributed by atoms with van der Waals surface area (Å²) in [5, 5.41) is 0. The first kappa shape index (κ1) is 59.4. The number of carbonyl (C=O) groups excluding carboxylic acids is 3. The third-order valence-electron chi connectivity index (χ3n) is 12.5. The zero-order valence-electron chi connectivity index (χ0n) is 41.8. The predicted molar refractivity (Wildman–Crippen MR) is 261 cm³/mol. The molecule has 0 aromatic heterocycles. The van der Waals surface area contributed by atoms with Crippen LogP contribution in [0.25, 0.3) is 0 Å². The maximum atomic E-state index is 12.8. The zero-order chi connectivity index (χ0) is 44.7. The van der Waals surface area contributed by atoms with Crippen molar-refractivity contribution in [2.45, 2.75) is 310 Å². The summed E-state index contributed by atoms with van der Waals surface area (Å²) in [6.45, 7) is 11.4. The van der Waals surface area contributed by atoms with E-state index < -0.39 is 6.10 Å². The van der Waals surface area contributed by atoms with Gasteiger partial charge in [-0.3, -0.25) is 14.4 Å². The minimum atomic E-state index is -0.762. The van der Waals surface area contributed by atoms with Crippen LogP contribution in [0.2, 0.25) is 0 Å². The van der Waals surface area contributed by atoms with Gasteiger partial charge in [-0.1, -0.05) is 266 Å². The highest BCUT2D eigenvalue weighted by Gasteiger charge is 2.19. The highest BCUT2D eigenvalue weighted by Crippen LogP contribution is 2.18. The van der Waals surface area contributed by atoms with Crippen LogP contribution in [-0.2, 0) is 28.6 Å². The molecule has 0 aliphatic heterocycles. The van der Waals surface area contributed by atoms with Crippen LogP contribution in [0.15, 0.2) is 0 Å². The third-order valence-corrected chi connectivity index (χ3v) is 12.5. The maximum Gasteiger partial charge on any atom is 0.306 e. The van der Waals surface area contributed by atoms with Crippen LogP contribution in [0.3, 0.4) is 0 Å². The number of carbonyl (C=O) groups is 3. The Morgan fingerprint density at radius 1 is 0.311 bits per heavy atom. The molecule has 0 spiro atoms. The van der Waals surface area contributed by atoms with Crippen LogP contribution in [0.4, 0.5) is 0 Å². The van der Waals surface area contributed by atoms with Crippen LogP contribution in [0.1, 0.15) is 304 Å². The average Bonchev–Trinajstić information content (AvgIpc) is 3.23. The maximum absolute atomic E-state index is 12.8. The molecule has 6 heteroatoms. The molecule has 0 rings (SSSR count). The Labute approximate surface area is 380 Å². The van der Waals surface area contributed by atoms with Crippen molar-refractivity contribution >= 4 is 17.9 Å². The highest BCUT2D eigenvalue weighted by molar-refractivity contribution is 5.71. The fraction of sp³-hybridized carbons (Fsp3) is 0.945. The Kier molecular flexibility index (Phi) is 46.6. The predicted octanol–water partition coefficient (Wildman–Crippen LogP) is 17.7. The summed E-state index contributed by atoms with van der Waals surface area (Å²) in [5.74, 6) is 0.801. The van der Waals surface area contributed by atoms with Crippen molar-refractivity contribution in [1.82, 2.24) is 0 Å². The first-order valence-corrected chi connectivity index (χ1v) is 27.2. The molecule has 0 saturated carbocycles.